The summed E-state index contributed by atoms with van der Waals surface area (Å²) in [7, 11) is 1.80. The first-order valence-corrected chi connectivity index (χ1v) is 6.74. The molecule has 0 bridgehead atoms. The average molecular weight is 312 g/mol. The van der Waals surface area contributed by atoms with Crippen LogP contribution in [-0.2, 0) is 7.05 Å². The molecule has 1 aromatic carbocycles. The Morgan fingerprint density at radius 1 is 1.26 bits per heavy atom. The Morgan fingerprint density at radius 3 is 2.65 bits per heavy atom. The van der Waals surface area contributed by atoms with Gasteiger partial charge in [0.25, 0.3) is 0 Å². The van der Waals surface area contributed by atoms with Gasteiger partial charge in [-0.05, 0) is 29.8 Å². The summed E-state index contributed by atoms with van der Waals surface area (Å²) in [4.78, 5) is 15.0. The Labute approximate surface area is 131 Å². The molecule has 3 N–H and O–H groups in total. The van der Waals surface area contributed by atoms with Crippen molar-refractivity contribution in [3.63, 3.8) is 0 Å². The van der Waals surface area contributed by atoms with Crippen LogP contribution in [0.5, 0.6) is 0 Å². The second-order valence-corrected chi connectivity index (χ2v) is 5.00. The zero-order valence-corrected chi connectivity index (χ0v) is 12.2. The van der Waals surface area contributed by atoms with Crippen LogP contribution in [0.15, 0.2) is 42.7 Å². The Kier molecular flexibility index (Phi) is 3.53. The standard InChI is InChI=1S/C16H13FN4O2/c1-21-14(4-5-20-21)10-6-12(15(18)19-8-10)9-2-3-11(16(22)23)13(17)7-9/h2-8H,1H3,(H2,18,19)(H,22,23). The second-order valence-electron chi connectivity index (χ2n) is 5.00. The molecule has 0 aliphatic rings. The number of anilines is 1. The normalized spacial score (nSPS) is 10.7. The maximum Gasteiger partial charge on any atom is 0.338 e. The molecule has 0 radical (unpaired) electrons. The van der Waals surface area contributed by atoms with Crippen molar-refractivity contribution >= 4 is 11.8 Å². The van der Waals surface area contributed by atoms with Crippen LogP contribution in [0.4, 0.5) is 10.2 Å². The van der Waals surface area contributed by atoms with E-state index in [1.54, 1.807) is 30.2 Å². The minimum absolute atomic E-state index is 0.235. The molecule has 23 heavy (non-hydrogen) atoms. The molecule has 0 aliphatic carbocycles. The van der Waals surface area contributed by atoms with E-state index in [1.165, 1.54) is 12.1 Å². The quantitative estimate of drug-likeness (QED) is 0.775. The van der Waals surface area contributed by atoms with Gasteiger partial charge >= 0.3 is 5.97 Å². The Hall–Kier alpha value is -3.22. The van der Waals surface area contributed by atoms with Crippen molar-refractivity contribution in [3.05, 3.63) is 54.1 Å². The molecule has 0 unspecified atom stereocenters. The molecule has 2 heterocycles. The fourth-order valence-corrected chi connectivity index (χ4v) is 2.36. The van der Waals surface area contributed by atoms with Gasteiger partial charge in [0.2, 0.25) is 0 Å². The number of nitrogens with zero attached hydrogens (tertiary/aromatic N) is 3. The third-order valence-corrected chi connectivity index (χ3v) is 3.55. The second kappa shape index (κ2) is 5.53. The maximum atomic E-state index is 13.9. The minimum atomic E-state index is -1.32. The van der Waals surface area contributed by atoms with Crippen molar-refractivity contribution in [2.45, 2.75) is 0 Å². The predicted octanol–water partition coefficient (Wildman–Crippen LogP) is 2.57. The highest BCUT2D eigenvalue weighted by Crippen LogP contribution is 2.30. The average Bonchev–Trinajstić information content (AvgIpc) is 2.93. The number of carbonyl (C=O) groups is 1. The number of hydrogen-bond donors (Lipinski definition) is 2. The third kappa shape index (κ3) is 2.64. The summed E-state index contributed by atoms with van der Waals surface area (Å²) in [5.41, 5.74) is 8.10. The first-order valence-electron chi connectivity index (χ1n) is 6.74. The van der Waals surface area contributed by atoms with Crippen molar-refractivity contribution < 1.29 is 14.3 Å². The van der Waals surface area contributed by atoms with E-state index in [4.69, 9.17) is 10.8 Å². The van der Waals surface area contributed by atoms with Crippen LogP contribution in [0.25, 0.3) is 22.4 Å². The summed E-state index contributed by atoms with van der Waals surface area (Å²) in [6.07, 6.45) is 3.27. The van der Waals surface area contributed by atoms with E-state index in [1.807, 2.05) is 6.07 Å². The number of carboxylic acid groups (broad SMARTS) is 1. The molecule has 0 fully saturated rings. The fraction of sp³-hybridized carbons (Fsp3) is 0.0625. The van der Waals surface area contributed by atoms with Crippen molar-refractivity contribution in [2.24, 2.45) is 7.05 Å². The fourth-order valence-electron chi connectivity index (χ4n) is 2.36. The molecule has 6 nitrogen and oxygen atoms in total. The van der Waals surface area contributed by atoms with Gasteiger partial charge in [0, 0.05) is 30.6 Å². The van der Waals surface area contributed by atoms with Crippen LogP contribution in [0.3, 0.4) is 0 Å². The first-order chi connectivity index (χ1) is 11.0. The number of aromatic carboxylic acids is 1. The lowest BCUT2D eigenvalue weighted by Crippen LogP contribution is -2.01. The van der Waals surface area contributed by atoms with Crippen molar-refractivity contribution in [3.8, 4) is 22.4 Å². The number of rotatable bonds is 3. The van der Waals surface area contributed by atoms with Gasteiger partial charge in [0.05, 0.1) is 11.3 Å². The van der Waals surface area contributed by atoms with Crippen LogP contribution in [0.2, 0.25) is 0 Å². The molecular weight excluding hydrogens is 299 g/mol. The Balaban J connectivity index is 2.11. The maximum absolute atomic E-state index is 13.9. The number of nitrogen functional groups attached to an aromatic ring is 1. The van der Waals surface area contributed by atoms with E-state index >= 15 is 0 Å². The molecule has 0 amide bonds. The van der Waals surface area contributed by atoms with E-state index in [0.717, 1.165) is 17.3 Å². The van der Waals surface area contributed by atoms with Crippen molar-refractivity contribution in [2.75, 3.05) is 5.73 Å². The highest BCUT2D eigenvalue weighted by Gasteiger charge is 2.14. The van der Waals surface area contributed by atoms with Gasteiger partial charge < -0.3 is 10.8 Å². The van der Waals surface area contributed by atoms with E-state index < -0.39 is 11.8 Å². The number of aryl methyl sites for hydroxylation is 1. The molecule has 0 atom stereocenters. The van der Waals surface area contributed by atoms with Gasteiger partial charge in [-0.3, -0.25) is 4.68 Å². The summed E-state index contributed by atoms with van der Waals surface area (Å²) >= 11 is 0. The van der Waals surface area contributed by atoms with Crippen molar-refractivity contribution in [1.82, 2.24) is 14.8 Å². The third-order valence-electron chi connectivity index (χ3n) is 3.55. The SMILES string of the molecule is Cn1nccc1-c1cnc(N)c(-c2ccc(C(=O)O)c(F)c2)c1. The Morgan fingerprint density at radius 2 is 2.04 bits per heavy atom. The highest BCUT2D eigenvalue weighted by molar-refractivity contribution is 5.89. The Bertz CT molecular complexity index is 905. The number of aromatic nitrogens is 3. The largest absolute Gasteiger partial charge is 0.478 e. The van der Waals surface area contributed by atoms with Crippen LogP contribution in [0.1, 0.15) is 10.4 Å². The molecule has 0 spiro atoms. The summed E-state index contributed by atoms with van der Waals surface area (Å²) in [6, 6.07) is 7.46. The van der Waals surface area contributed by atoms with Gasteiger partial charge in [-0.25, -0.2) is 14.2 Å². The van der Waals surface area contributed by atoms with Gasteiger partial charge in [-0.1, -0.05) is 6.07 Å². The zero-order chi connectivity index (χ0) is 16.6. The molecule has 0 saturated heterocycles. The summed E-state index contributed by atoms with van der Waals surface area (Å²) in [5, 5.41) is 13.0. The molecule has 116 valence electrons. The predicted molar refractivity (Wildman–Crippen MR) is 83.2 cm³/mol. The van der Waals surface area contributed by atoms with Crippen LogP contribution < -0.4 is 5.73 Å². The van der Waals surface area contributed by atoms with Crippen LogP contribution in [0, 0.1) is 5.82 Å². The van der Waals surface area contributed by atoms with Crippen LogP contribution in [-0.4, -0.2) is 25.8 Å². The van der Waals surface area contributed by atoms with Crippen LogP contribution >= 0.6 is 0 Å². The number of benzene rings is 1. The monoisotopic (exact) mass is 312 g/mol. The van der Waals surface area contributed by atoms with Gasteiger partial charge in [0.15, 0.2) is 0 Å². The lowest BCUT2D eigenvalue weighted by molar-refractivity contribution is 0.0692. The number of pyridine rings is 1. The van der Waals surface area contributed by atoms with Gasteiger partial charge in [0.1, 0.15) is 11.6 Å². The molecule has 7 heteroatoms. The molecular formula is C16H13FN4O2. The van der Waals surface area contributed by atoms with Gasteiger partial charge in [-0.2, -0.15) is 5.10 Å². The zero-order valence-electron chi connectivity index (χ0n) is 12.2. The summed E-state index contributed by atoms with van der Waals surface area (Å²) in [5.74, 6) is -1.90. The number of carboxylic acids is 1. The number of hydrogen-bond acceptors (Lipinski definition) is 4. The topological polar surface area (TPSA) is 94.0 Å². The smallest absolute Gasteiger partial charge is 0.338 e. The number of nitrogens with two attached hydrogens (primary N) is 1. The van der Waals surface area contributed by atoms with E-state index in [0.29, 0.717) is 11.1 Å². The van der Waals surface area contributed by atoms with E-state index in [9.17, 15) is 9.18 Å². The summed E-state index contributed by atoms with van der Waals surface area (Å²) < 4.78 is 15.6. The number of halogens is 1. The first kappa shape index (κ1) is 14.7. The van der Waals surface area contributed by atoms with E-state index in [-0.39, 0.29) is 11.4 Å². The molecule has 3 aromatic rings. The van der Waals surface area contributed by atoms with E-state index in [2.05, 4.69) is 10.1 Å². The summed E-state index contributed by atoms with van der Waals surface area (Å²) in [6.45, 7) is 0. The molecule has 0 saturated carbocycles. The lowest BCUT2D eigenvalue weighted by Gasteiger charge is -2.09. The molecule has 0 aliphatic heterocycles. The van der Waals surface area contributed by atoms with Gasteiger partial charge in [-0.15, -0.1) is 0 Å². The molecule has 3 rings (SSSR count). The van der Waals surface area contributed by atoms with Crippen molar-refractivity contribution in [1.29, 1.82) is 0 Å². The molecule has 2 aromatic heterocycles. The lowest BCUT2D eigenvalue weighted by atomic mass is 10.0. The highest BCUT2D eigenvalue weighted by atomic mass is 19.1. The minimum Gasteiger partial charge on any atom is -0.478 e.